The van der Waals surface area contributed by atoms with Crippen LogP contribution >= 0.6 is 11.3 Å². The number of rotatable bonds is 5. The Balaban J connectivity index is 1.62. The quantitative estimate of drug-likeness (QED) is 0.521. The molecule has 0 saturated carbocycles. The van der Waals surface area contributed by atoms with Gasteiger partial charge in [-0.2, -0.15) is 0 Å². The highest BCUT2D eigenvalue weighted by Gasteiger charge is 2.18. The molecule has 3 heterocycles. The second-order valence-electron chi connectivity index (χ2n) is 5.95. The van der Waals surface area contributed by atoms with E-state index in [1.165, 1.54) is 29.7 Å². The van der Waals surface area contributed by atoms with Gasteiger partial charge in [-0.3, -0.25) is 20.1 Å². The van der Waals surface area contributed by atoms with Gasteiger partial charge in [0.2, 0.25) is 0 Å². The fourth-order valence-corrected chi connectivity index (χ4v) is 3.50. The SMILES string of the molecule is COc1ccccc1-c1ncccc1C(=O)Nc1nc(-c2cc(F)ccn2)cs1. The molecule has 0 atom stereocenters. The molecule has 0 saturated heterocycles. The van der Waals surface area contributed by atoms with Crippen LogP contribution in [0.1, 0.15) is 10.4 Å². The molecule has 0 spiro atoms. The molecule has 4 rings (SSSR count). The van der Waals surface area contributed by atoms with Gasteiger partial charge >= 0.3 is 0 Å². The maximum absolute atomic E-state index is 13.4. The molecule has 0 bridgehead atoms. The summed E-state index contributed by atoms with van der Waals surface area (Å²) >= 11 is 1.23. The number of nitrogens with zero attached hydrogens (tertiary/aromatic N) is 3. The van der Waals surface area contributed by atoms with Crippen molar-refractivity contribution in [2.45, 2.75) is 0 Å². The first-order valence-corrected chi connectivity index (χ1v) is 9.51. The second-order valence-corrected chi connectivity index (χ2v) is 6.81. The van der Waals surface area contributed by atoms with E-state index in [0.717, 1.165) is 0 Å². The first kappa shape index (κ1) is 18.7. The lowest BCUT2D eigenvalue weighted by Gasteiger charge is -2.11. The Bertz CT molecular complexity index is 1180. The molecule has 1 N–H and O–H groups in total. The normalized spacial score (nSPS) is 10.6. The number of hydrogen-bond donors (Lipinski definition) is 1. The number of anilines is 1. The lowest BCUT2D eigenvalue weighted by atomic mass is 10.0. The van der Waals surface area contributed by atoms with Crippen molar-refractivity contribution >= 4 is 22.4 Å². The zero-order valence-electron chi connectivity index (χ0n) is 15.3. The van der Waals surface area contributed by atoms with Crippen molar-refractivity contribution in [1.29, 1.82) is 0 Å². The summed E-state index contributed by atoms with van der Waals surface area (Å²) in [5.74, 6) is -0.133. The molecule has 0 unspecified atom stereocenters. The Labute approximate surface area is 170 Å². The smallest absolute Gasteiger partial charge is 0.259 e. The number of ether oxygens (including phenoxy) is 1. The molecule has 6 nitrogen and oxygen atoms in total. The lowest BCUT2D eigenvalue weighted by molar-refractivity contribution is 0.102. The second kappa shape index (κ2) is 8.15. The van der Waals surface area contributed by atoms with Gasteiger partial charge in [0.25, 0.3) is 5.91 Å². The summed E-state index contributed by atoms with van der Waals surface area (Å²) in [6, 6.07) is 13.3. The molecule has 0 aliphatic carbocycles. The highest BCUT2D eigenvalue weighted by molar-refractivity contribution is 7.14. The van der Waals surface area contributed by atoms with Gasteiger partial charge in [-0.05, 0) is 30.3 Å². The van der Waals surface area contributed by atoms with Crippen LogP contribution in [0.2, 0.25) is 0 Å². The third kappa shape index (κ3) is 3.97. The number of carbonyl (C=O) groups is 1. The molecule has 0 fully saturated rings. The van der Waals surface area contributed by atoms with Gasteiger partial charge in [0.05, 0.1) is 24.1 Å². The van der Waals surface area contributed by atoms with Crippen molar-refractivity contribution in [3.63, 3.8) is 0 Å². The summed E-state index contributed by atoms with van der Waals surface area (Å²) in [5.41, 5.74) is 2.49. The van der Waals surface area contributed by atoms with E-state index in [9.17, 15) is 9.18 Å². The number of thiazole rings is 1. The maximum atomic E-state index is 13.4. The number of benzene rings is 1. The van der Waals surface area contributed by atoms with E-state index >= 15 is 0 Å². The minimum atomic E-state index is -0.398. The predicted molar refractivity (Wildman–Crippen MR) is 109 cm³/mol. The van der Waals surface area contributed by atoms with Crippen LogP contribution < -0.4 is 10.1 Å². The van der Waals surface area contributed by atoms with Gasteiger partial charge in [0.1, 0.15) is 17.3 Å². The van der Waals surface area contributed by atoms with Gasteiger partial charge in [0, 0.05) is 29.4 Å². The van der Waals surface area contributed by atoms with Crippen molar-refractivity contribution in [3.05, 3.63) is 77.7 Å². The average Bonchev–Trinajstić information content (AvgIpc) is 3.22. The fourth-order valence-electron chi connectivity index (χ4n) is 2.80. The molecule has 3 aromatic heterocycles. The van der Waals surface area contributed by atoms with Crippen LogP contribution in [0.4, 0.5) is 9.52 Å². The maximum Gasteiger partial charge on any atom is 0.259 e. The summed E-state index contributed by atoms with van der Waals surface area (Å²) < 4.78 is 18.8. The molecule has 29 heavy (non-hydrogen) atoms. The first-order chi connectivity index (χ1) is 14.2. The van der Waals surface area contributed by atoms with Crippen LogP contribution in [0.15, 0.2) is 66.3 Å². The van der Waals surface area contributed by atoms with E-state index in [0.29, 0.717) is 39.1 Å². The Kier molecular flexibility index (Phi) is 5.26. The van der Waals surface area contributed by atoms with E-state index in [1.807, 2.05) is 24.3 Å². The van der Waals surface area contributed by atoms with E-state index in [1.54, 1.807) is 30.8 Å². The molecular weight excluding hydrogens is 391 g/mol. The van der Waals surface area contributed by atoms with Crippen molar-refractivity contribution < 1.29 is 13.9 Å². The molecule has 0 aliphatic rings. The van der Waals surface area contributed by atoms with Crippen LogP contribution in [-0.4, -0.2) is 28.0 Å². The van der Waals surface area contributed by atoms with Gasteiger partial charge in [-0.15, -0.1) is 11.3 Å². The van der Waals surface area contributed by atoms with Gasteiger partial charge in [0.15, 0.2) is 5.13 Å². The number of nitrogens with one attached hydrogen (secondary N) is 1. The summed E-state index contributed by atoms with van der Waals surface area (Å²) in [4.78, 5) is 25.7. The zero-order valence-corrected chi connectivity index (χ0v) is 16.1. The third-order valence-electron chi connectivity index (χ3n) is 4.12. The number of para-hydroxylation sites is 1. The lowest BCUT2D eigenvalue weighted by Crippen LogP contribution is -2.13. The molecule has 0 aliphatic heterocycles. The van der Waals surface area contributed by atoms with Crippen molar-refractivity contribution in [1.82, 2.24) is 15.0 Å². The van der Waals surface area contributed by atoms with E-state index in [-0.39, 0.29) is 5.91 Å². The topological polar surface area (TPSA) is 77.0 Å². The predicted octanol–water partition coefficient (Wildman–Crippen LogP) is 4.67. The summed E-state index contributed by atoms with van der Waals surface area (Å²) in [6.07, 6.45) is 2.99. The highest BCUT2D eigenvalue weighted by Crippen LogP contribution is 2.31. The van der Waals surface area contributed by atoms with Crippen LogP contribution in [0, 0.1) is 5.82 Å². The standard InChI is InChI=1S/C21H15FN4O2S/c1-28-18-7-3-2-5-14(18)19-15(6-4-9-24-19)20(27)26-21-25-17(12-29-21)16-11-13(22)8-10-23-16/h2-12H,1H3,(H,25,26,27). The van der Waals surface area contributed by atoms with Crippen LogP contribution in [0.5, 0.6) is 5.75 Å². The van der Waals surface area contributed by atoms with Crippen molar-refractivity contribution in [3.8, 4) is 28.4 Å². The van der Waals surface area contributed by atoms with E-state index in [2.05, 4.69) is 20.3 Å². The monoisotopic (exact) mass is 406 g/mol. The average molecular weight is 406 g/mol. The number of aromatic nitrogens is 3. The van der Waals surface area contributed by atoms with Gasteiger partial charge in [-0.1, -0.05) is 12.1 Å². The molecule has 4 aromatic rings. The van der Waals surface area contributed by atoms with Gasteiger partial charge < -0.3 is 4.74 Å². The minimum Gasteiger partial charge on any atom is -0.496 e. The zero-order chi connectivity index (χ0) is 20.2. The molecule has 144 valence electrons. The molecule has 1 amide bonds. The molecule has 0 radical (unpaired) electrons. The summed E-state index contributed by atoms with van der Waals surface area (Å²) in [5, 5.41) is 4.87. The van der Waals surface area contributed by atoms with Crippen molar-refractivity contribution in [2.24, 2.45) is 0 Å². The Morgan fingerprint density at radius 3 is 2.76 bits per heavy atom. The van der Waals surface area contributed by atoms with Crippen LogP contribution in [0.25, 0.3) is 22.6 Å². The van der Waals surface area contributed by atoms with Gasteiger partial charge in [-0.25, -0.2) is 9.37 Å². The van der Waals surface area contributed by atoms with Crippen LogP contribution in [0.3, 0.4) is 0 Å². The number of hydrogen-bond acceptors (Lipinski definition) is 6. The largest absolute Gasteiger partial charge is 0.496 e. The third-order valence-corrected chi connectivity index (χ3v) is 4.88. The Morgan fingerprint density at radius 2 is 1.93 bits per heavy atom. The molecular formula is C21H15FN4O2S. The fraction of sp³-hybridized carbons (Fsp3) is 0.0476. The summed E-state index contributed by atoms with van der Waals surface area (Å²) in [6.45, 7) is 0. The van der Waals surface area contributed by atoms with E-state index < -0.39 is 5.82 Å². The van der Waals surface area contributed by atoms with E-state index in [4.69, 9.17) is 4.74 Å². The molecule has 1 aromatic carbocycles. The van der Waals surface area contributed by atoms with Crippen molar-refractivity contribution in [2.75, 3.05) is 12.4 Å². The summed E-state index contributed by atoms with van der Waals surface area (Å²) in [7, 11) is 1.57. The number of amides is 1. The number of methoxy groups -OCH3 is 1. The van der Waals surface area contributed by atoms with Crippen LogP contribution in [-0.2, 0) is 0 Å². The minimum absolute atomic E-state index is 0.355. The number of pyridine rings is 2. The Morgan fingerprint density at radius 1 is 1.07 bits per heavy atom. The first-order valence-electron chi connectivity index (χ1n) is 8.63. The highest BCUT2D eigenvalue weighted by atomic mass is 32.1. The number of carbonyl (C=O) groups excluding carboxylic acids is 1. The molecule has 8 heteroatoms. The number of halogens is 1. The Hall–Kier alpha value is -3.65.